The van der Waals surface area contributed by atoms with Crippen LogP contribution in [0, 0.1) is 0 Å². The summed E-state index contributed by atoms with van der Waals surface area (Å²) in [5.74, 6) is 1.95. The highest BCUT2D eigenvalue weighted by Crippen LogP contribution is 2.57. The fraction of sp³-hybridized carbons (Fsp3) is 0. The van der Waals surface area contributed by atoms with Crippen LogP contribution in [0.15, 0.2) is 429 Å². The summed E-state index contributed by atoms with van der Waals surface area (Å²) >= 11 is 11.5. The molecule has 0 saturated heterocycles. The number of nitrogens with zero attached hydrogens (tertiary/aromatic N) is 6. The highest BCUT2D eigenvalue weighted by molar-refractivity contribution is 7.38. The van der Waals surface area contributed by atoms with Gasteiger partial charge in [-0.3, -0.25) is 4.57 Å². The van der Waals surface area contributed by atoms with Crippen LogP contribution in [0.25, 0.3) is 292 Å². The van der Waals surface area contributed by atoms with E-state index in [0.717, 1.165) is 38.6 Å². The lowest BCUT2D eigenvalue weighted by molar-refractivity contribution is 0.669. The third-order valence-electron chi connectivity index (χ3n) is 28.2. The Hall–Kier alpha value is -16.3. The number of fused-ring (bicyclic) bond motifs is 35. The number of furan rings is 1. The van der Waals surface area contributed by atoms with Gasteiger partial charge in [-0.15, -0.1) is 68.0 Å². The van der Waals surface area contributed by atoms with Crippen LogP contribution in [0.1, 0.15) is 0 Å². The SMILES string of the molecule is c1ccc(-c2c3ccccc3c(-n3c4c5ccccc5ccc4c4sc5c6ccccc6sc5c43)c3ccccc23)cc1.c1ccc(-c2nc(-c3ccccc3)nc(-n3c4c5ccccc5ccc4c4sc5c6ccccc6sc5c43)n2)cc1.c1ccc2cc3c(cc2c1)oc1ccc(-c2c4ccccc4c(-n4c5c6ccccc6ccc5c5sc6c7ccccc7sc6c54)c4ccccc24)cc13. The molecule has 0 unspecified atom stereocenters. The fourth-order valence-corrected chi connectivity index (χ4v) is 30.5. The van der Waals surface area contributed by atoms with Gasteiger partial charge in [0.2, 0.25) is 5.95 Å². The molecule has 32 rings (SSSR count). The van der Waals surface area contributed by atoms with E-state index >= 15 is 0 Å². The molecule has 0 aliphatic heterocycles. The van der Waals surface area contributed by atoms with Crippen LogP contribution in [0.5, 0.6) is 0 Å². The zero-order valence-corrected chi connectivity index (χ0v) is 78.4. The van der Waals surface area contributed by atoms with Gasteiger partial charge in [-0.25, -0.2) is 4.98 Å². The van der Waals surface area contributed by atoms with Crippen molar-refractivity contribution in [3.05, 3.63) is 425 Å². The van der Waals surface area contributed by atoms with E-state index < -0.39 is 0 Å². The molecule has 0 saturated carbocycles. The van der Waals surface area contributed by atoms with Crippen molar-refractivity contribution < 1.29 is 4.42 Å². The lowest BCUT2D eigenvalue weighted by Gasteiger charge is -2.20. The first-order chi connectivity index (χ1) is 68.5. The number of rotatable bonds is 7. The normalized spacial score (nSPS) is 12.2. The van der Waals surface area contributed by atoms with Gasteiger partial charge in [-0.2, -0.15) is 9.97 Å². The Labute approximate surface area is 811 Å². The smallest absolute Gasteiger partial charge is 0.238 e. The molecule has 32 aromatic rings. The predicted octanol–water partition coefficient (Wildman–Crippen LogP) is 37.6. The topological polar surface area (TPSA) is 66.6 Å². The van der Waals surface area contributed by atoms with Gasteiger partial charge in [0.15, 0.2) is 11.6 Å². The molecule has 0 N–H and O–H groups in total. The van der Waals surface area contributed by atoms with Gasteiger partial charge >= 0.3 is 0 Å². The zero-order chi connectivity index (χ0) is 90.1. The molecule has 0 fully saturated rings. The highest BCUT2D eigenvalue weighted by atomic mass is 32.1. The molecule has 0 aliphatic rings. The van der Waals surface area contributed by atoms with Crippen molar-refractivity contribution in [3.8, 4) is 62.4 Å². The number of benzene rings is 21. The van der Waals surface area contributed by atoms with Gasteiger partial charge in [0, 0.05) is 106 Å². The van der Waals surface area contributed by atoms with E-state index in [1.165, 1.54) is 236 Å². The Balaban J connectivity index is 0.0000000990. The van der Waals surface area contributed by atoms with E-state index in [0.29, 0.717) is 17.6 Å². The molecule has 7 nitrogen and oxygen atoms in total. The summed E-state index contributed by atoms with van der Waals surface area (Å²) in [6, 6.07) is 154. The molecule has 0 bridgehead atoms. The maximum absolute atomic E-state index is 6.46. The van der Waals surface area contributed by atoms with Crippen molar-refractivity contribution in [2.75, 3.05) is 0 Å². The van der Waals surface area contributed by atoms with Gasteiger partial charge in [0.25, 0.3) is 0 Å². The average Bonchev–Trinajstić information content (AvgIpc) is 1.53. The third-order valence-corrected chi connectivity index (χ3v) is 35.8. The zero-order valence-electron chi connectivity index (χ0n) is 73.5. The molecule has 13 heteroatoms. The van der Waals surface area contributed by atoms with Gasteiger partial charge in [0.05, 0.1) is 86.8 Å². The molecule has 0 spiro atoms. The number of thiophene rings is 6. The van der Waals surface area contributed by atoms with Crippen LogP contribution in [-0.2, 0) is 0 Å². The van der Waals surface area contributed by atoms with Crippen LogP contribution in [0.2, 0.25) is 0 Å². The summed E-state index contributed by atoms with van der Waals surface area (Å²) in [5, 5.41) is 30.1. The molecule has 138 heavy (non-hydrogen) atoms. The first-order valence-corrected chi connectivity index (χ1v) is 51.3. The lowest BCUT2D eigenvalue weighted by atomic mass is 9.89. The maximum Gasteiger partial charge on any atom is 0.238 e. The van der Waals surface area contributed by atoms with E-state index in [2.05, 4.69) is 402 Å². The van der Waals surface area contributed by atoms with E-state index in [1.54, 1.807) is 0 Å². The number of aromatic nitrogens is 6. The molecule has 0 radical (unpaired) electrons. The Morgan fingerprint density at radius 1 is 0.174 bits per heavy atom. The number of hydrogen-bond acceptors (Lipinski definition) is 10. The van der Waals surface area contributed by atoms with E-state index in [4.69, 9.17) is 19.4 Å². The van der Waals surface area contributed by atoms with Crippen LogP contribution in [-0.4, -0.2) is 28.7 Å². The second-order valence-corrected chi connectivity index (χ2v) is 41.9. The summed E-state index contributed by atoms with van der Waals surface area (Å²) < 4.78 is 30.1. The molecule has 11 heterocycles. The summed E-state index contributed by atoms with van der Waals surface area (Å²) in [5.41, 5.74) is 18.7. The van der Waals surface area contributed by atoms with Crippen LogP contribution in [0.4, 0.5) is 0 Å². The molecule has 11 aromatic heterocycles. The second kappa shape index (κ2) is 30.6. The Morgan fingerprint density at radius 2 is 0.486 bits per heavy atom. The molecular weight excluding hydrogens is 1790 g/mol. The molecule has 0 amide bonds. The van der Waals surface area contributed by atoms with Gasteiger partial charge in [0.1, 0.15) is 11.2 Å². The second-order valence-electron chi connectivity index (χ2n) is 35.7. The average molecular weight is 1860 g/mol. The first kappa shape index (κ1) is 78.0. The molecule has 0 aliphatic carbocycles. The Morgan fingerprint density at radius 3 is 0.891 bits per heavy atom. The van der Waals surface area contributed by atoms with E-state index in [9.17, 15) is 0 Å². The third kappa shape index (κ3) is 11.6. The quantitative estimate of drug-likeness (QED) is 0.149. The molecule has 21 aromatic carbocycles. The van der Waals surface area contributed by atoms with E-state index in [1.807, 2.05) is 104 Å². The van der Waals surface area contributed by atoms with Gasteiger partial charge in [-0.05, 0) is 113 Å². The lowest BCUT2D eigenvalue weighted by Crippen LogP contribution is -2.06. The monoisotopic (exact) mass is 1860 g/mol. The summed E-state index contributed by atoms with van der Waals surface area (Å²) in [7, 11) is 0. The minimum atomic E-state index is 0.631. The largest absolute Gasteiger partial charge is 0.456 e. The van der Waals surface area contributed by atoms with E-state index in [-0.39, 0.29) is 0 Å². The highest BCUT2D eigenvalue weighted by Gasteiger charge is 2.31. The number of hydrogen-bond donors (Lipinski definition) is 0. The van der Waals surface area contributed by atoms with Gasteiger partial charge in [-0.1, -0.05) is 382 Å². The minimum absolute atomic E-state index is 0.631. The Kier molecular flexibility index (Phi) is 17.3. The van der Waals surface area contributed by atoms with Crippen molar-refractivity contribution in [2.24, 2.45) is 0 Å². The van der Waals surface area contributed by atoms with Crippen molar-refractivity contribution in [3.63, 3.8) is 0 Å². The maximum atomic E-state index is 6.46. The first-order valence-electron chi connectivity index (χ1n) is 46.4. The Bertz CT molecular complexity index is 10600. The summed E-state index contributed by atoms with van der Waals surface area (Å²) in [4.78, 5) is 15.3. The van der Waals surface area contributed by atoms with Crippen molar-refractivity contribution >= 4 is 298 Å². The summed E-state index contributed by atoms with van der Waals surface area (Å²) in [6.07, 6.45) is 0. The fourth-order valence-electron chi connectivity index (χ4n) is 22.2. The standard InChI is InChI=1S/C50H27NOS2.C40H23NS2.C35H20N4S2/c1-2-13-30-27-42-40(25-29(30)12-1)39-26-31(22-24-41(39)52-42)44-33-15-5-7-17-35(33)46(36-18-8-6-16-34(36)44)51-45-32-14-4-3-11-28(32)21-23-38(45)48-47(51)50-49(54-48)37-19-9-10-20-43(37)53-50;1-2-13-25(14-3-1)34-27-16-6-8-18-29(27)36(30-19-9-7-17-28(30)34)41-35-26-15-5-4-12-24(26)22-23-32(35)38-37(41)40-39(43-38)31-20-10-11-21-33(31)42-40;1-3-12-22(13-4-1)33-36-34(23-14-5-2-6-15-23)38-35(37-33)39-28-24-16-8-7-11-21(24)19-20-26(28)30-29(39)32-31(41-30)25-17-9-10-18-27(25)40-32/h1-27H;1-23H;1-20H. The van der Waals surface area contributed by atoms with Crippen LogP contribution < -0.4 is 0 Å². The molecule has 642 valence electrons. The van der Waals surface area contributed by atoms with Crippen molar-refractivity contribution in [1.29, 1.82) is 0 Å². The summed E-state index contributed by atoms with van der Waals surface area (Å²) in [6.45, 7) is 0. The van der Waals surface area contributed by atoms with Crippen LogP contribution in [0.3, 0.4) is 0 Å². The van der Waals surface area contributed by atoms with Crippen molar-refractivity contribution in [1.82, 2.24) is 28.7 Å². The van der Waals surface area contributed by atoms with Gasteiger partial charge < -0.3 is 13.6 Å². The molecular formula is C125H70N6OS6. The minimum Gasteiger partial charge on any atom is -0.456 e. The van der Waals surface area contributed by atoms with Crippen molar-refractivity contribution in [2.45, 2.75) is 0 Å². The molecule has 0 atom stereocenters. The predicted molar refractivity (Wildman–Crippen MR) is 597 cm³/mol. The van der Waals surface area contributed by atoms with Crippen LogP contribution >= 0.6 is 68.0 Å².